The number of anilines is 1. The molecule has 33 heavy (non-hydrogen) atoms. The van der Waals surface area contributed by atoms with Gasteiger partial charge in [-0.2, -0.15) is 5.26 Å². The van der Waals surface area contributed by atoms with Crippen molar-refractivity contribution in [2.75, 3.05) is 17.7 Å². The number of benzene rings is 1. The van der Waals surface area contributed by atoms with Gasteiger partial charge in [0.25, 0.3) is 0 Å². The Balaban J connectivity index is 1.85. The van der Waals surface area contributed by atoms with E-state index >= 15 is 0 Å². The molecule has 2 atom stereocenters. The van der Waals surface area contributed by atoms with Gasteiger partial charge in [0.1, 0.15) is 18.3 Å². The minimum Gasteiger partial charge on any atom is -0.469 e. The Morgan fingerprint density at radius 3 is 2.82 bits per heavy atom. The second-order valence-electron chi connectivity index (χ2n) is 7.19. The van der Waals surface area contributed by atoms with Crippen LogP contribution in [0.3, 0.4) is 0 Å². The van der Waals surface area contributed by atoms with Crippen molar-refractivity contribution in [3.8, 4) is 6.07 Å². The van der Waals surface area contributed by atoms with Gasteiger partial charge >= 0.3 is 5.97 Å². The van der Waals surface area contributed by atoms with Gasteiger partial charge in [-0.15, -0.1) is 0 Å². The Morgan fingerprint density at radius 2 is 2.15 bits per heavy atom. The summed E-state index contributed by atoms with van der Waals surface area (Å²) >= 11 is 7.26. The summed E-state index contributed by atoms with van der Waals surface area (Å²) in [6.07, 6.45) is 2.94. The molecule has 0 spiro atoms. The topological polar surface area (TPSA) is 105 Å². The van der Waals surface area contributed by atoms with Gasteiger partial charge in [-0.3, -0.25) is 4.79 Å². The molecule has 7 nitrogen and oxygen atoms in total. The van der Waals surface area contributed by atoms with Crippen LogP contribution in [0.2, 0.25) is 5.02 Å². The average Bonchev–Trinajstić information content (AvgIpc) is 3.33. The molecule has 1 unspecified atom stereocenters. The Kier molecular flexibility index (Phi) is 8.15. The Morgan fingerprint density at radius 1 is 1.36 bits per heavy atom. The number of nitrogens with zero attached hydrogens (tertiary/aromatic N) is 2. The highest BCUT2D eigenvalue weighted by Gasteiger charge is 2.41. The smallest absolute Gasteiger partial charge is 0.336 e. The minimum absolute atomic E-state index is 0.0252. The number of rotatable bonds is 7. The zero-order chi connectivity index (χ0) is 24.0. The number of hydrogen-bond acceptors (Lipinski definition) is 7. The molecule has 9 heteroatoms. The predicted octanol–water partition coefficient (Wildman–Crippen LogP) is 5.25. The van der Waals surface area contributed by atoms with Gasteiger partial charge in [0.2, 0.25) is 5.91 Å². The Labute approximate surface area is 201 Å². The quantitative estimate of drug-likeness (QED) is 0.426. The van der Waals surface area contributed by atoms with Crippen molar-refractivity contribution in [2.24, 2.45) is 10.9 Å². The van der Waals surface area contributed by atoms with Gasteiger partial charge in [-0.05, 0) is 43.7 Å². The van der Waals surface area contributed by atoms with Crippen LogP contribution in [-0.4, -0.2) is 29.3 Å². The lowest BCUT2D eigenvalue weighted by molar-refractivity contribution is -0.138. The van der Waals surface area contributed by atoms with Gasteiger partial charge in [-0.25, -0.2) is 9.79 Å². The van der Waals surface area contributed by atoms with E-state index < -0.39 is 17.8 Å². The SMILES string of the molecule is C=CCOC(=O)C1=C(C)N=C(SCC(=O)Nc2cccc(Cl)c2C)C(C#N)[C@H]1c1ccco1. The minimum atomic E-state index is -0.822. The number of allylic oxidation sites excluding steroid dienone is 1. The summed E-state index contributed by atoms with van der Waals surface area (Å²) in [4.78, 5) is 29.8. The number of thioether (sulfide) groups is 1. The van der Waals surface area contributed by atoms with Gasteiger partial charge in [0.15, 0.2) is 0 Å². The van der Waals surface area contributed by atoms with Gasteiger partial charge in [0.05, 0.1) is 34.6 Å². The van der Waals surface area contributed by atoms with Gasteiger partial charge < -0.3 is 14.5 Å². The Hall–Kier alpha value is -3.28. The van der Waals surface area contributed by atoms with Crippen LogP contribution in [0.1, 0.15) is 24.2 Å². The second kappa shape index (κ2) is 11.0. The molecule has 0 fully saturated rings. The van der Waals surface area contributed by atoms with Crippen molar-refractivity contribution in [3.63, 3.8) is 0 Å². The molecule has 1 amide bonds. The lowest BCUT2D eigenvalue weighted by Crippen LogP contribution is -2.30. The summed E-state index contributed by atoms with van der Waals surface area (Å²) in [5.41, 5.74) is 2.04. The first-order chi connectivity index (χ1) is 15.9. The van der Waals surface area contributed by atoms with E-state index in [-0.39, 0.29) is 23.8 Å². The first-order valence-corrected chi connectivity index (χ1v) is 11.4. The molecule has 2 heterocycles. The van der Waals surface area contributed by atoms with Crippen LogP contribution in [0.5, 0.6) is 0 Å². The average molecular weight is 484 g/mol. The molecule has 0 saturated heterocycles. The summed E-state index contributed by atoms with van der Waals surface area (Å²) in [7, 11) is 0. The van der Waals surface area contributed by atoms with E-state index in [9.17, 15) is 14.9 Å². The number of carbonyl (C=O) groups excluding carboxylic acids is 2. The number of esters is 1. The lowest BCUT2D eigenvalue weighted by Gasteiger charge is -2.28. The number of hydrogen-bond donors (Lipinski definition) is 1. The normalized spacial score (nSPS) is 17.7. The van der Waals surface area contributed by atoms with Crippen molar-refractivity contribution in [1.29, 1.82) is 5.26 Å². The molecular formula is C24H22ClN3O4S. The van der Waals surface area contributed by atoms with E-state index in [1.54, 1.807) is 37.3 Å². The Bertz CT molecular complexity index is 1160. The third-order valence-corrected chi connectivity index (χ3v) is 6.47. The van der Waals surface area contributed by atoms with Crippen molar-refractivity contribution >= 4 is 46.0 Å². The molecule has 1 aromatic carbocycles. The van der Waals surface area contributed by atoms with E-state index in [1.807, 2.05) is 6.92 Å². The van der Waals surface area contributed by atoms with Crippen LogP contribution >= 0.6 is 23.4 Å². The highest BCUT2D eigenvalue weighted by Crippen LogP contribution is 2.41. The third kappa shape index (κ3) is 5.56. The van der Waals surface area contributed by atoms with Gasteiger partial charge in [0, 0.05) is 16.4 Å². The van der Waals surface area contributed by atoms with Crippen LogP contribution in [-0.2, 0) is 14.3 Å². The predicted molar refractivity (Wildman–Crippen MR) is 129 cm³/mol. The van der Waals surface area contributed by atoms with Crippen molar-refractivity contribution in [3.05, 3.63) is 76.9 Å². The molecule has 0 saturated carbocycles. The maximum atomic E-state index is 12.7. The number of nitriles is 1. The number of aliphatic imine (C=N–C) groups is 1. The van der Waals surface area contributed by atoms with Gasteiger partial charge in [-0.1, -0.05) is 42.1 Å². The summed E-state index contributed by atoms with van der Waals surface area (Å²) in [6.45, 7) is 7.07. The van der Waals surface area contributed by atoms with Crippen LogP contribution in [0.15, 0.2) is 69.9 Å². The third-order valence-electron chi connectivity index (χ3n) is 5.01. The zero-order valence-corrected chi connectivity index (χ0v) is 19.7. The molecule has 1 aliphatic rings. The van der Waals surface area contributed by atoms with Crippen LogP contribution in [0.4, 0.5) is 5.69 Å². The van der Waals surface area contributed by atoms with Crippen LogP contribution in [0.25, 0.3) is 0 Å². The van der Waals surface area contributed by atoms with E-state index in [0.29, 0.717) is 27.2 Å². The highest BCUT2D eigenvalue weighted by molar-refractivity contribution is 8.14. The monoisotopic (exact) mass is 483 g/mol. The maximum absolute atomic E-state index is 12.7. The fourth-order valence-electron chi connectivity index (χ4n) is 3.41. The number of halogens is 1. The largest absolute Gasteiger partial charge is 0.469 e. The summed E-state index contributed by atoms with van der Waals surface area (Å²) < 4.78 is 10.8. The van der Waals surface area contributed by atoms with Crippen molar-refractivity contribution < 1.29 is 18.7 Å². The van der Waals surface area contributed by atoms with Crippen molar-refractivity contribution in [2.45, 2.75) is 19.8 Å². The van der Waals surface area contributed by atoms with E-state index in [4.69, 9.17) is 20.8 Å². The molecule has 2 aromatic rings. The summed E-state index contributed by atoms with van der Waals surface area (Å²) in [5, 5.41) is 13.8. The molecule has 1 aliphatic heterocycles. The molecular weight excluding hydrogens is 462 g/mol. The first-order valence-electron chi connectivity index (χ1n) is 10.1. The number of amides is 1. The maximum Gasteiger partial charge on any atom is 0.336 e. The van der Waals surface area contributed by atoms with E-state index in [1.165, 1.54) is 12.3 Å². The first kappa shape index (κ1) is 24.4. The van der Waals surface area contributed by atoms with Crippen LogP contribution in [0, 0.1) is 24.2 Å². The molecule has 1 aromatic heterocycles. The fourth-order valence-corrected chi connectivity index (χ4v) is 4.51. The fraction of sp³-hybridized carbons (Fsp3) is 0.250. The highest BCUT2D eigenvalue weighted by atomic mass is 35.5. The molecule has 170 valence electrons. The lowest BCUT2D eigenvalue weighted by atomic mass is 9.82. The molecule has 0 aliphatic carbocycles. The summed E-state index contributed by atoms with van der Waals surface area (Å²) in [5.74, 6) is -1.92. The standard InChI is InChI=1S/C24H22ClN3O4S/c1-4-10-32-24(30)21-15(3)27-23(16(12-26)22(21)19-9-6-11-31-19)33-13-20(29)28-18-8-5-7-17(25)14(18)2/h4-9,11,16,22H,1,10,13H2,2-3H3,(H,28,29)/t16?,22-/m0/s1. The van der Waals surface area contributed by atoms with Crippen LogP contribution < -0.4 is 5.32 Å². The summed E-state index contributed by atoms with van der Waals surface area (Å²) in [6, 6.07) is 10.9. The number of carbonyl (C=O) groups is 2. The number of furan rings is 1. The van der Waals surface area contributed by atoms with E-state index in [0.717, 1.165) is 17.3 Å². The molecule has 0 radical (unpaired) electrons. The number of nitrogens with one attached hydrogen (secondary N) is 1. The zero-order valence-electron chi connectivity index (χ0n) is 18.1. The molecule has 0 bridgehead atoms. The number of ether oxygens (including phenoxy) is 1. The van der Waals surface area contributed by atoms with Crippen molar-refractivity contribution in [1.82, 2.24) is 0 Å². The molecule has 3 rings (SSSR count). The van der Waals surface area contributed by atoms with E-state index in [2.05, 4.69) is 23.0 Å². The second-order valence-corrected chi connectivity index (χ2v) is 8.59. The molecule has 1 N–H and O–H groups in total.